The summed E-state index contributed by atoms with van der Waals surface area (Å²) in [5, 5.41) is 0. The van der Waals surface area contributed by atoms with E-state index in [0.717, 1.165) is 23.4 Å². The van der Waals surface area contributed by atoms with Crippen LogP contribution < -0.4 is 5.46 Å². The number of hydrogen-bond acceptors (Lipinski definition) is 2. The van der Waals surface area contributed by atoms with Gasteiger partial charge >= 0.3 is 0 Å². The SMILES string of the molecule is [B]c1cc(C=O)ccc1SCCCCC(C)(C)c1ccccc1. The maximum absolute atomic E-state index is 10.7. The van der Waals surface area contributed by atoms with Gasteiger partial charge in [-0.25, -0.2) is 0 Å². The summed E-state index contributed by atoms with van der Waals surface area (Å²) in [5.41, 5.74) is 2.96. The fourth-order valence-corrected chi connectivity index (χ4v) is 3.61. The Balaban J connectivity index is 1.77. The number of carbonyl (C=O) groups excluding carboxylic acids is 1. The summed E-state index contributed by atoms with van der Waals surface area (Å²) in [4.78, 5) is 11.8. The van der Waals surface area contributed by atoms with Crippen LogP contribution in [0.5, 0.6) is 0 Å². The number of benzene rings is 2. The van der Waals surface area contributed by atoms with Crippen molar-refractivity contribution in [2.75, 3.05) is 5.75 Å². The molecule has 2 rings (SSSR count). The van der Waals surface area contributed by atoms with E-state index >= 15 is 0 Å². The van der Waals surface area contributed by atoms with E-state index in [-0.39, 0.29) is 5.41 Å². The molecule has 2 radical (unpaired) electrons. The molecule has 0 aromatic heterocycles. The summed E-state index contributed by atoms with van der Waals surface area (Å²) in [6, 6.07) is 16.2. The minimum absolute atomic E-state index is 0.219. The molecule has 23 heavy (non-hydrogen) atoms. The fourth-order valence-electron chi connectivity index (χ4n) is 2.66. The van der Waals surface area contributed by atoms with Crippen LogP contribution in [0.3, 0.4) is 0 Å². The Labute approximate surface area is 145 Å². The van der Waals surface area contributed by atoms with Crippen molar-refractivity contribution in [3.05, 3.63) is 59.7 Å². The normalized spacial score (nSPS) is 11.4. The predicted octanol–water partition coefficient (Wildman–Crippen LogP) is 4.53. The standard InChI is InChI=1S/C20H23BOS/c1-20(2,17-8-4-3-5-9-17)12-6-7-13-23-19-11-10-16(15-22)14-18(19)21/h3-5,8-11,14-15H,6-7,12-13H2,1-2H3. The maximum Gasteiger partial charge on any atom is 0.150 e. The van der Waals surface area contributed by atoms with Crippen molar-refractivity contribution < 1.29 is 4.79 Å². The molecule has 2 aromatic carbocycles. The average Bonchev–Trinajstić information content (AvgIpc) is 2.56. The van der Waals surface area contributed by atoms with E-state index < -0.39 is 0 Å². The molecule has 3 heteroatoms. The van der Waals surface area contributed by atoms with Crippen molar-refractivity contribution in [1.82, 2.24) is 0 Å². The molecular formula is C20H23BOS. The Bertz CT molecular complexity index is 637. The minimum Gasteiger partial charge on any atom is -0.298 e. The first-order chi connectivity index (χ1) is 11.0. The molecule has 0 unspecified atom stereocenters. The van der Waals surface area contributed by atoms with E-state index in [1.54, 1.807) is 17.8 Å². The van der Waals surface area contributed by atoms with Crippen LogP contribution in [-0.2, 0) is 5.41 Å². The van der Waals surface area contributed by atoms with E-state index in [2.05, 4.69) is 44.2 Å². The Morgan fingerprint density at radius 1 is 1.09 bits per heavy atom. The smallest absolute Gasteiger partial charge is 0.150 e. The van der Waals surface area contributed by atoms with Crippen molar-refractivity contribution in [3.8, 4) is 0 Å². The third kappa shape index (κ3) is 5.28. The van der Waals surface area contributed by atoms with Gasteiger partial charge in [-0.3, -0.25) is 4.79 Å². The number of hydrogen-bond donors (Lipinski definition) is 0. The van der Waals surface area contributed by atoms with Gasteiger partial charge in [0.25, 0.3) is 0 Å². The monoisotopic (exact) mass is 322 g/mol. The number of unbranched alkanes of at least 4 members (excludes halogenated alkanes) is 1. The van der Waals surface area contributed by atoms with Gasteiger partial charge in [0.2, 0.25) is 0 Å². The Morgan fingerprint density at radius 2 is 1.83 bits per heavy atom. The molecule has 0 aliphatic heterocycles. The molecule has 2 aromatic rings. The molecule has 118 valence electrons. The van der Waals surface area contributed by atoms with Crippen LogP contribution in [0.1, 0.15) is 49.0 Å². The molecule has 0 spiro atoms. The Morgan fingerprint density at radius 3 is 2.48 bits per heavy atom. The highest BCUT2D eigenvalue weighted by Gasteiger charge is 2.19. The number of rotatable bonds is 8. The zero-order valence-electron chi connectivity index (χ0n) is 13.9. The van der Waals surface area contributed by atoms with Gasteiger partial charge in [-0.2, -0.15) is 0 Å². The Kier molecular flexibility index (Phi) is 6.53. The summed E-state index contributed by atoms with van der Waals surface area (Å²) in [6.07, 6.45) is 4.37. The van der Waals surface area contributed by atoms with Crippen molar-refractivity contribution >= 4 is 31.4 Å². The van der Waals surface area contributed by atoms with Gasteiger partial charge in [-0.15, -0.1) is 11.8 Å². The van der Waals surface area contributed by atoms with Crippen LogP contribution in [0.2, 0.25) is 0 Å². The lowest BCUT2D eigenvalue weighted by Gasteiger charge is -2.25. The maximum atomic E-state index is 10.7. The van der Waals surface area contributed by atoms with Crippen molar-refractivity contribution in [2.24, 2.45) is 0 Å². The molecule has 0 bridgehead atoms. The molecule has 0 aliphatic rings. The van der Waals surface area contributed by atoms with Crippen molar-refractivity contribution in [3.63, 3.8) is 0 Å². The first kappa shape index (κ1) is 17.9. The number of carbonyl (C=O) groups is 1. The minimum atomic E-state index is 0.219. The summed E-state index contributed by atoms with van der Waals surface area (Å²) in [5.74, 6) is 1.05. The summed E-state index contributed by atoms with van der Waals surface area (Å²) in [7, 11) is 5.98. The molecule has 0 heterocycles. The van der Waals surface area contributed by atoms with Gasteiger partial charge < -0.3 is 0 Å². The zero-order chi connectivity index (χ0) is 16.7. The number of aldehydes is 1. The predicted molar refractivity (Wildman–Crippen MR) is 101 cm³/mol. The van der Waals surface area contributed by atoms with Crippen molar-refractivity contribution in [1.29, 1.82) is 0 Å². The average molecular weight is 322 g/mol. The lowest BCUT2D eigenvalue weighted by molar-refractivity contribution is 0.112. The zero-order valence-corrected chi connectivity index (χ0v) is 14.7. The lowest BCUT2D eigenvalue weighted by atomic mass is 9.80. The summed E-state index contributed by atoms with van der Waals surface area (Å²) < 4.78 is 0. The molecule has 0 N–H and O–H groups in total. The van der Waals surface area contributed by atoms with Crippen LogP contribution in [0, 0.1) is 0 Å². The molecule has 0 fully saturated rings. The van der Waals surface area contributed by atoms with Gasteiger partial charge in [0.05, 0.1) is 0 Å². The van der Waals surface area contributed by atoms with Gasteiger partial charge in [-0.05, 0) is 35.6 Å². The van der Waals surface area contributed by atoms with E-state index in [0.29, 0.717) is 11.0 Å². The molecule has 1 nitrogen and oxygen atoms in total. The second-order valence-electron chi connectivity index (χ2n) is 6.47. The van der Waals surface area contributed by atoms with Gasteiger partial charge in [0.15, 0.2) is 0 Å². The summed E-state index contributed by atoms with van der Waals surface area (Å²) >= 11 is 1.77. The third-order valence-electron chi connectivity index (χ3n) is 4.18. The quantitative estimate of drug-likeness (QED) is 0.307. The van der Waals surface area contributed by atoms with E-state index in [1.165, 1.54) is 18.4 Å². The van der Waals surface area contributed by atoms with E-state index in [4.69, 9.17) is 7.85 Å². The first-order valence-corrected chi connectivity index (χ1v) is 9.04. The van der Waals surface area contributed by atoms with Crippen LogP contribution in [0.25, 0.3) is 0 Å². The lowest BCUT2D eigenvalue weighted by Crippen LogP contribution is -2.16. The second kappa shape index (κ2) is 8.40. The molecule has 0 saturated carbocycles. The third-order valence-corrected chi connectivity index (χ3v) is 5.35. The van der Waals surface area contributed by atoms with Crippen LogP contribution in [0.15, 0.2) is 53.4 Å². The first-order valence-electron chi connectivity index (χ1n) is 8.06. The number of thioether (sulfide) groups is 1. The van der Waals surface area contributed by atoms with Crippen molar-refractivity contribution in [2.45, 2.75) is 43.4 Å². The highest BCUT2D eigenvalue weighted by molar-refractivity contribution is 7.99. The fraction of sp³-hybridized carbons (Fsp3) is 0.350. The highest BCUT2D eigenvalue weighted by Crippen LogP contribution is 2.29. The molecule has 0 amide bonds. The molecule has 0 atom stereocenters. The second-order valence-corrected chi connectivity index (χ2v) is 7.61. The topological polar surface area (TPSA) is 17.1 Å². The largest absolute Gasteiger partial charge is 0.298 e. The molecule has 0 aliphatic carbocycles. The van der Waals surface area contributed by atoms with Gasteiger partial charge in [0, 0.05) is 10.5 Å². The van der Waals surface area contributed by atoms with E-state index in [9.17, 15) is 4.79 Å². The van der Waals surface area contributed by atoms with Gasteiger partial charge in [-0.1, -0.05) is 68.2 Å². The Hall–Kier alpha value is -1.48. The van der Waals surface area contributed by atoms with Gasteiger partial charge in [0.1, 0.15) is 14.1 Å². The molecule has 0 saturated heterocycles. The summed E-state index contributed by atoms with van der Waals surface area (Å²) in [6.45, 7) is 4.62. The van der Waals surface area contributed by atoms with Crippen LogP contribution in [0.4, 0.5) is 0 Å². The molecular weight excluding hydrogens is 299 g/mol. The van der Waals surface area contributed by atoms with E-state index in [1.807, 2.05) is 12.1 Å². The van der Waals surface area contributed by atoms with Crippen LogP contribution in [-0.4, -0.2) is 19.9 Å². The highest BCUT2D eigenvalue weighted by atomic mass is 32.2. The van der Waals surface area contributed by atoms with Crippen LogP contribution >= 0.6 is 11.8 Å².